The summed E-state index contributed by atoms with van der Waals surface area (Å²) < 4.78 is 27.8. The number of nitrogens with zero attached hydrogens (tertiary/aromatic N) is 1. The highest BCUT2D eigenvalue weighted by Gasteiger charge is 2.33. The van der Waals surface area contributed by atoms with Gasteiger partial charge in [0.05, 0.1) is 4.90 Å². The molecule has 0 heterocycles. The predicted molar refractivity (Wildman–Crippen MR) is 82.7 cm³/mol. The van der Waals surface area contributed by atoms with E-state index in [0.717, 1.165) is 10.0 Å². The lowest BCUT2D eigenvalue weighted by Crippen LogP contribution is -2.45. The fourth-order valence-electron chi connectivity index (χ4n) is 1.82. The minimum absolute atomic E-state index is 0.289. The maximum Gasteiger partial charge on any atom is 0.244 e. The lowest BCUT2D eigenvalue weighted by atomic mass is 10.1. The highest BCUT2D eigenvalue weighted by molar-refractivity contribution is 9.10. The summed E-state index contributed by atoms with van der Waals surface area (Å²) in [6, 6.07) is 5.28. The van der Waals surface area contributed by atoms with E-state index in [9.17, 15) is 8.42 Å². The summed E-state index contributed by atoms with van der Waals surface area (Å²) in [6.07, 6.45) is 1.61. The summed E-state index contributed by atoms with van der Waals surface area (Å²) in [7, 11) is -3.54. The summed E-state index contributed by atoms with van der Waals surface area (Å²) in [5.74, 6) is 0. The molecular formula is C14H20BrNO2S. The van der Waals surface area contributed by atoms with Crippen molar-refractivity contribution in [3.05, 3.63) is 40.9 Å². The SMILES string of the molecule is C=CCN(C(C)(C)C)S(=O)(=O)c1cc(Br)ccc1C. The van der Waals surface area contributed by atoms with Gasteiger partial charge >= 0.3 is 0 Å². The summed E-state index contributed by atoms with van der Waals surface area (Å²) in [4.78, 5) is 0.332. The fourth-order valence-corrected chi connectivity index (χ4v) is 4.34. The van der Waals surface area contributed by atoms with Gasteiger partial charge in [0.25, 0.3) is 0 Å². The highest BCUT2D eigenvalue weighted by atomic mass is 79.9. The molecule has 1 aromatic rings. The van der Waals surface area contributed by atoms with E-state index in [0.29, 0.717) is 4.90 Å². The van der Waals surface area contributed by atoms with Gasteiger partial charge in [0, 0.05) is 16.6 Å². The maximum absolute atomic E-state index is 12.8. The quantitative estimate of drug-likeness (QED) is 0.779. The minimum atomic E-state index is -3.54. The molecule has 0 aliphatic heterocycles. The Balaban J connectivity index is 3.43. The standard InChI is InChI=1S/C14H20BrNO2S/c1-6-9-16(14(3,4)5)19(17,18)13-10-12(15)8-7-11(13)2/h6-8,10H,1,9H2,2-5H3. The molecule has 0 spiro atoms. The number of hydrogen-bond acceptors (Lipinski definition) is 2. The predicted octanol–water partition coefficient (Wildman–Crippen LogP) is 3.73. The van der Waals surface area contributed by atoms with Crippen LogP contribution in [0.5, 0.6) is 0 Å². The third-order valence-electron chi connectivity index (χ3n) is 2.76. The van der Waals surface area contributed by atoms with E-state index in [1.54, 1.807) is 25.1 Å². The number of hydrogen-bond donors (Lipinski definition) is 0. The van der Waals surface area contributed by atoms with Gasteiger partial charge in [-0.25, -0.2) is 8.42 Å². The van der Waals surface area contributed by atoms with Gasteiger partial charge in [0.1, 0.15) is 0 Å². The molecule has 106 valence electrons. The average molecular weight is 346 g/mol. The number of aryl methyl sites for hydroxylation is 1. The van der Waals surface area contributed by atoms with E-state index in [1.807, 2.05) is 26.8 Å². The number of benzene rings is 1. The van der Waals surface area contributed by atoms with Crippen LogP contribution in [-0.4, -0.2) is 24.8 Å². The van der Waals surface area contributed by atoms with Crippen LogP contribution in [0.25, 0.3) is 0 Å². The molecule has 0 amide bonds. The third-order valence-corrected chi connectivity index (χ3v) is 5.53. The van der Waals surface area contributed by atoms with Crippen LogP contribution in [0.4, 0.5) is 0 Å². The monoisotopic (exact) mass is 345 g/mol. The smallest absolute Gasteiger partial charge is 0.207 e. The van der Waals surface area contributed by atoms with Crippen LogP contribution >= 0.6 is 15.9 Å². The Morgan fingerprint density at radius 3 is 2.42 bits per heavy atom. The van der Waals surface area contributed by atoms with Crippen molar-refractivity contribution in [2.24, 2.45) is 0 Å². The van der Waals surface area contributed by atoms with Crippen molar-refractivity contribution >= 4 is 26.0 Å². The molecule has 0 atom stereocenters. The van der Waals surface area contributed by atoms with Gasteiger partial charge in [-0.1, -0.05) is 28.1 Å². The zero-order valence-electron chi connectivity index (χ0n) is 11.8. The fraction of sp³-hybridized carbons (Fsp3) is 0.429. The molecular weight excluding hydrogens is 326 g/mol. The lowest BCUT2D eigenvalue weighted by molar-refractivity contribution is 0.269. The van der Waals surface area contributed by atoms with Crippen molar-refractivity contribution in [2.75, 3.05) is 6.54 Å². The topological polar surface area (TPSA) is 37.4 Å². The average Bonchev–Trinajstić information content (AvgIpc) is 2.27. The second kappa shape index (κ2) is 5.77. The summed E-state index contributed by atoms with van der Waals surface area (Å²) in [6.45, 7) is 11.4. The van der Waals surface area contributed by atoms with Crippen molar-refractivity contribution < 1.29 is 8.42 Å². The second-order valence-electron chi connectivity index (χ2n) is 5.41. The van der Waals surface area contributed by atoms with Gasteiger partial charge < -0.3 is 0 Å². The van der Waals surface area contributed by atoms with Crippen LogP contribution in [0, 0.1) is 6.92 Å². The Morgan fingerprint density at radius 1 is 1.37 bits per heavy atom. The largest absolute Gasteiger partial charge is 0.244 e. The zero-order valence-corrected chi connectivity index (χ0v) is 14.2. The Kier molecular flexibility index (Phi) is 4.98. The van der Waals surface area contributed by atoms with E-state index in [2.05, 4.69) is 22.5 Å². The van der Waals surface area contributed by atoms with Crippen molar-refractivity contribution in [1.82, 2.24) is 4.31 Å². The molecule has 0 bridgehead atoms. The first kappa shape index (κ1) is 16.4. The van der Waals surface area contributed by atoms with Crippen LogP contribution in [0.2, 0.25) is 0 Å². The molecule has 0 aliphatic carbocycles. The van der Waals surface area contributed by atoms with Crippen LogP contribution in [0.1, 0.15) is 26.3 Å². The summed E-state index contributed by atoms with van der Waals surface area (Å²) >= 11 is 3.32. The molecule has 5 heteroatoms. The number of halogens is 1. The van der Waals surface area contributed by atoms with Crippen LogP contribution in [-0.2, 0) is 10.0 Å². The van der Waals surface area contributed by atoms with E-state index in [1.165, 1.54) is 4.31 Å². The van der Waals surface area contributed by atoms with Gasteiger partial charge in [0.2, 0.25) is 10.0 Å². The molecule has 0 saturated carbocycles. The third kappa shape index (κ3) is 3.68. The van der Waals surface area contributed by atoms with Gasteiger partial charge in [0.15, 0.2) is 0 Å². The lowest BCUT2D eigenvalue weighted by Gasteiger charge is -2.34. The molecule has 0 N–H and O–H groups in total. The zero-order chi connectivity index (χ0) is 14.8. The molecule has 1 rings (SSSR count). The second-order valence-corrected chi connectivity index (χ2v) is 8.15. The summed E-state index contributed by atoms with van der Waals surface area (Å²) in [5.41, 5.74) is 0.239. The highest BCUT2D eigenvalue weighted by Crippen LogP contribution is 2.28. The molecule has 0 aliphatic rings. The van der Waals surface area contributed by atoms with Crippen LogP contribution in [0.3, 0.4) is 0 Å². The van der Waals surface area contributed by atoms with Crippen molar-refractivity contribution in [2.45, 2.75) is 38.1 Å². The first-order valence-electron chi connectivity index (χ1n) is 6.00. The normalized spacial score (nSPS) is 12.7. The van der Waals surface area contributed by atoms with Crippen molar-refractivity contribution in [3.8, 4) is 0 Å². The molecule has 3 nitrogen and oxygen atoms in total. The number of sulfonamides is 1. The van der Waals surface area contributed by atoms with Gasteiger partial charge in [-0.3, -0.25) is 0 Å². The van der Waals surface area contributed by atoms with Gasteiger partial charge in [-0.15, -0.1) is 6.58 Å². The minimum Gasteiger partial charge on any atom is -0.207 e. The van der Waals surface area contributed by atoms with Gasteiger partial charge in [-0.2, -0.15) is 4.31 Å². The van der Waals surface area contributed by atoms with Crippen molar-refractivity contribution in [1.29, 1.82) is 0 Å². The summed E-state index contributed by atoms with van der Waals surface area (Å²) in [5, 5.41) is 0. The number of rotatable bonds is 4. The first-order valence-corrected chi connectivity index (χ1v) is 8.24. The van der Waals surface area contributed by atoms with Crippen molar-refractivity contribution in [3.63, 3.8) is 0 Å². The van der Waals surface area contributed by atoms with Gasteiger partial charge in [-0.05, 0) is 45.4 Å². The van der Waals surface area contributed by atoms with Crippen LogP contribution in [0.15, 0.2) is 40.2 Å². The first-order chi connectivity index (χ1) is 8.60. The Labute approximate surface area is 124 Å². The Morgan fingerprint density at radius 2 is 1.95 bits per heavy atom. The van der Waals surface area contributed by atoms with Crippen LogP contribution < -0.4 is 0 Å². The molecule has 0 fully saturated rings. The van der Waals surface area contributed by atoms with E-state index in [4.69, 9.17) is 0 Å². The molecule has 19 heavy (non-hydrogen) atoms. The molecule has 0 aromatic heterocycles. The molecule has 0 saturated heterocycles. The molecule has 0 radical (unpaired) electrons. The van der Waals surface area contributed by atoms with E-state index < -0.39 is 15.6 Å². The molecule has 0 unspecified atom stereocenters. The Hall–Kier alpha value is -0.650. The molecule has 1 aromatic carbocycles. The van der Waals surface area contributed by atoms with E-state index in [-0.39, 0.29) is 6.54 Å². The Bertz CT molecular complexity index is 574. The van der Waals surface area contributed by atoms with E-state index >= 15 is 0 Å². The maximum atomic E-state index is 12.8.